The Bertz CT molecular complexity index is 1180. The van der Waals surface area contributed by atoms with Crippen molar-refractivity contribution in [3.63, 3.8) is 0 Å². The maximum Gasteiger partial charge on any atom is 0.339 e. The van der Waals surface area contributed by atoms with E-state index < -0.39 is 57.5 Å². The molecule has 5 fully saturated rings. The lowest BCUT2D eigenvalue weighted by molar-refractivity contribution is -0.226. The summed E-state index contributed by atoms with van der Waals surface area (Å²) in [5.41, 5.74) is -3.40. The Morgan fingerprint density at radius 1 is 1.00 bits per heavy atom. The van der Waals surface area contributed by atoms with Crippen LogP contribution in [0.5, 0.6) is 0 Å². The van der Waals surface area contributed by atoms with E-state index in [4.69, 9.17) is 18.6 Å². The fraction of sp³-hybridized carbons (Fsp3) is 0.714. The normalized spacial score (nSPS) is 48.6. The summed E-state index contributed by atoms with van der Waals surface area (Å²) in [6.07, 6.45) is 2.65. The highest BCUT2D eigenvalue weighted by Gasteiger charge is 2.88. The van der Waals surface area contributed by atoms with Gasteiger partial charge in [-0.05, 0) is 37.7 Å². The molecule has 0 amide bonds. The quantitative estimate of drug-likeness (QED) is 0.445. The molecule has 36 heavy (non-hydrogen) atoms. The maximum atomic E-state index is 14.3. The zero-order valence-electron chi connectivity index (χ0n) is 21.7. The second-order valence-electron chi connectivity index (χ2n) is 12.8. The van der Waals surface area contributed by atoms with Crippen molar-refractivity contribution in [2.45, 2.75) is 91.1 Å². The average Bonchev–Trinajstić information content (AvgIpc) is 3.36. The van der Waals surface area contributed by atoms with Crippen LogP contribution in [0.4, 0.5) is 0 Å². The van der Waals surface area contributed by atoms with E-state index in [1.54, 1.807) is 18.6 Å². The molecule has 0 aromatic carbocycles. The van der Waals surface area contributed by atoms with Crippen molar-refractivity contribution in [3.05, 3.63) is 24.2 Å². The highest BCUT2D eigenvalue weighted by Crippen LogP contribution is 2.79. The van der Waals surface area contributed by atoms with Crippen LogP contribution in [-0.4, -0.2) is 41.3 Å². The Morgan fingerprint density at radius 2 is 1.72 bits per heavy atom. The minimum absolute atomic E-state index is 0.00777. The summed E-state index contributed by atoms with van der Waals surface area (Å²) in [5, 5.41) is 0. The maximum absolute atomic E-state index is 14.3. The van der Waals surface area contributed by atoms with Gasteiger partial charge in [0.15, 0.2) is 6.10 Å². The summed E-state index contributed by atoms with van der Waals surface area (Å²) in [6, 6.07) is 1.79. The minimum Gasteiger partial charge on any atom is -0.472 e. The third-order valence-corrected chi connectivity index (χ3v) is 11.2. The smallest absolute Gasteiger partial charge is 0.339 e. The molecule has 3 saturated carbocycles. The van der Waals surface area contributed by atoms with E-state index in [0.717, 1.165) is 5.56 Å². The molecule has 0 bridgehead atoms. The average molecular weight is 499 g/mol. The van der Waals surface area contributed by atoms with Crippen LogP contribution in [0.25, 0.3) is 0 Å². The highest BCUT2D eigenvalue weighted by atomic mass is 16.7. The first-order valence-corrected chi connectivity index (χ1v) is 12.9. The number of hydrogen-bond donors (Lipinski definition) is 0. The van der Waals surface area contributed by atoms with E-state index >= 15 is 0 Å². The van der Waals surface area contributed by atoms with Crippen LogP contribution in [0.2, 0.25) is 0 Å². The first-order valence-electron chi connectivity index (χ1n) is 12.9. The molecule has 2 saturated heterocycles. The lowest BCUT2D eigenvalue weighted by Gasteiger charge is -2.67. The van der Waals surface area contributed by atoms with Gasteiger partial charge in [-0.2, -0.15) is 0 Å². The van der Waals surface area contributed by atoms with Gasteiger partial charge in [0.1, 0.15) is 29.4 Å². The fourth-order valence-corrected chi connectivity index (χ4v) is 9.31. The molecular weight excluding hydrogens is 464 g/mol. The van der Waals surface area contributed by atoms with Gasteiger partial charge < -0.3 is 18.6 Å². The second kappa shape index (κ2) is 6.88. The predicted octanol–water partition coefficient (Wildman–Crippen LogP) is 3.96. The van der Waals surface area contributed by atoms with Gasteiger partial charge in [-0.3, -0.25) is 14.4 Å². The lowest BCUT2D eigenvalue weighted by Crippen LogP contribution is -2.73. The Morgan fingerprint density at radius 3 is 2.36 bits per heavy atom. The highest BCUT2D eigenvalue weighted by molar-refractivity contribution is 5.97. The van der Waals surface area contributed by atoms with Crippen LogP contribution in [0.3, 0.4) is 0 Å². The molecule has 0 unspecified atom stereocenters. The third kappa shape index (κ3) is 2.45. The number of Topliss-reactive ketones (excluding diaryl/α,β-unsaturated/α-hetero) is 2. The van der Waals surface area contributed by atoms with Gasteiger partial charge in [0.25, 0.3) is 0 Å². The molecule has 1 spiro atoms. The molecule has 8 heteroatoms. The number of epoxide rings is 1. The molecule has 1 aromatic rings. The zero-order chi connectivity index (χ0) is 26.1. The summed E-state index contributed by atoms with van der Waals surface area (Å²) in [4.78, 5) is 53.2. The van der Waals surface area contributed by atoms with Crippen molar-refractivity contribution in [2.24, 2.45) is 33.5 Å². The van der Waals surface area contributed by atoms with Gasteiger partial charge in [0.05, 0.1) is 17.9 Å². The fourth-order valence-electron chi connectivity index (χ4n) is 9.31. The van der Waals surface area contributed by atoms with Crippen LogP contribution < -0.4 is 0 Å². The van der Waals surface area contributed by atoms with Gasteiger partial charge in [-0.25, -0.2) is 4.79 Å². The molecule has 0 radical (unpaired) electrons. The summed E-state index contributed by atoms with van der Waals surface area (Å²) in [6.45, 7) is 11.3. The van der Waals surface area contributed by atoms with Crippen molar-refractivity contribution in [1.29, 1.82) is 0 Å². The van der Waals surface area contributed by atoms with Crippen molar-refractivity contribution in [2.75, 3.05) is 0 Å². The number of ether oxygens (including phenoxy) is 3. The standard InChI is InChI=1S/C28H34O8/c1-14(29)34-20-12-18(30)26(5)16-7-9-25(4)21(15-8-10-33-13-15)35-23(32)22-28(25,36-22)27(16,6)19(31)11-17(26)24(20,2)3/h8,10,13,16-17,20-22H,7,9,11-12H2,1-6H3/t16-,17+,20-,21+,22-,25+,26-,27+,28-/m1/s1. The number of cyclic esters (lactones) is 1. The van der Waals surface area contributed by atoms with Gasteiger partial charge in [-0.15, -0.1) is 0 Å². The summed E-state index contributed by atoms with van der Waals surface area (Å²) < 4.78 is 23.1. The number of fused-ring (bicyclic) bond motifs is 3. The van der Waals surface area contributed by atoms with E-state index in [0.29, 0.717) is 12.8 Å². The zero-order valence-corrected chi connectivity index (χ0v) is 21.7. The number of esters is 2. The Labute approximate surface area is 210 Å². The summed E-state index contributed by atoms with van der Waals surface area (Å²) in [7, 11) is 0. The van der Waals surface area contributed by atoms with Gasteiger partial charge in [0, 0.05) is 41.6 Å². The number of ketones is 2. The van der Waals surface area contributed by atoms with E-state index in [1.807, 2.05) is 34.6 Å². The van der Waals surface area contributed by atoms with Crippen molar-refractivity contribution < 1.29 is 37.8 Å². The van der Waals surface area contributed by atoms with Crippen LogP contribution in [0.1, 0.15) is 78.9 Å². The number of furan rings is 1. The molecule has 0 N–H and O–H groups in total. The van der Waals surface area contributed by atoms with Crippen molar-refractivity contribution in [1.82, 2.24) is 0 Å². The van der Waals surface area contributed by atoms with E-state index in [2.05, 4.69) is 0 Å². The SMILES string of the molecule is CC(=O)O[C@@H]1CC(=O)[C@]2(C)[C@H]3CC[C@@]4(C)[C@H](c5ccoc5)OC(=O)[C@H]5O[C@]54[C@]3(C)C(=O)C[C@H]2C1(C)C. The monoisotopic (exact) mass is 498 g/mol. The number of rotatable bonds is 2. The van der Waals surface area contributed by atoms with E-state index in [9.17, 15) is 19.2 Å². The Hall–Kier alpha value is -2.48. The molecule has 9 atom stereocenters. The lowest BCUT2D eigenvalue weighted by atomic mass is 9.35. The van der Waals surface area contributed by atoms with E-state index in [1.165, 1.54) is 6.92 Å². The minimum atomic E-state index is -1.05. The van der Waals surface area contributed by atoms with Crippen molar-refractivity contribution >= 4 is 23.5 Å². The summed E-state index contributed by atoms with van der Waals surface area (Å²) in [5.74, 6) is -1.47. The van der Waals surface area contributed by atoms with Crippen LogP contribution in [0, 0.1) is 33.5 Å². The molecule has 194 valence electrons. The van der Waals surface area contributed by atoms with Crippen LogP contribution in [-0.2, 0) is 33.4 Å². The number of hydrogen-bond acceptors (Lipinski definition) is 8. The van der Waals surface area contributed by atoms with Crippen LogP contribution >= 0.6 is 0 Å². The number of carbonyl (C=O) groups is 4. The Balaban J connectivity index is 1.48. The van der Waals surface area contributed by atoms with Gasteiger partial charge in [0.2, 0.25) is 0 Å². The van der Waals surface area contributed by atoms with E-state index in [-0.39, 0.29) is 36.2 Å². The predicted molar refractivity (Wildman–Crippen MR) is 124 cm³/mol. The second-order valence-corrected chi connectivity index (χ2v) is 12.8. The largest absolute Gasteiger partial charge is 0.472 e. The topological polar surface area (TPSA) is 112 Å². The summed E-state index contributed by atoms with van der Waals surface area (Å²) >= 11 is 0. The molecule has 3 aliphatic carbocycles. The first-order chi connectivity index (χ1) is 16.8. The number of carbonyl (C=O) groups excluding carboxylic acids is 4. The molecule has 5 aliphatic rings. The molecule has 6 rings (SSSR count). The molecule has 2 aliphatic heterocycles. The molecular formula is C28H34O8. The van der Waals surface area contributed by atoms with Crippen molar-refractivity contribution in [3.8, 4) is 0 Å². The molecule has 3 heterocycles. The molecule has 8 nitrogen and oxygen atoms in total. The van der Waals surface area contributed by atoms with Gasteiger partial charge >= 0.3 is 11.9 Å². The molecule has 1 aromatic heterocycles. The van der Waals surface area contributed by atoms with Gasteiger partial charge in [-0.1, -0.05) is 27.7 Å². The van der Waals surface area contributed by atoms with Crippen LogP contribution in [0.15, 0.2) is 23.0 Å². The third-order valence-electron chi connectivity index (χ3n) is 11.2. The first kappa shape index (κ1) is 23.9. The Kier molecular flexibility index (Phi) is 4.57.